The second-order valence-corrected chi connectivity index (χ2v) is 7.19. The first-order valence-corrected chi connectivity index (χ1v) is 9.47. The van der Waals surface area contributed by atoms with E-state index in [1.807, 2.05) is 12.1 Å². The SMILES string of the molecule is O=C(Cn1ccc(C(F)(F)F)n1)N1CCN(Cc2cccc3ccccc23)CC1. The van der Waals surface area contributed by atoms with E-state index in [9.17, 15) is 18.0 Å². The molecule has 2 heterocycles. The molecule has 2 aromatic carbocycles. The second kappa shape index (κ2) is 7.87. The van der Waals surface area contributed by atoms with Crippen LogP contribution in [0.3, 0.4) is 0 Å². The average molecular weight is 402 g/mol. The minimum atomic E-state index is -4.50. The van der Waals surface area contributed by atoms with Crippen LogP contribution in [0, 0.1) is 0 Å². The number of fused-ring (bicyclic) bond motifs is 1. The molecular weight excluding hydrogens is 381 g/mol. The standard InChI is InChI=1S/C21H21F3N4O/c22-21(23,24)19-8-9-28(25-19)15-20(29)27-12-10-26(11-13-27)14-17-6-3-5-16-4-1-2-7-18(16)17/h1-9H,10-15H2. The van der Waals surface area contributed by atoms with Crippen molar-refractivity contribution in [3.05, 3.63) is 66.0 Å². The normalized spacial score (nSPS) is 15.8. The van der Waals surface area contributed by atoms with Gasteiger partial charge >= 0.3 is 6.18 Å². The van der Waals surface area contributed by atoms with Gasteiger partial charge in [0.05, 0.1) is 0 Å². The highest BCUT2D eigenvalue weighted by molar-refractivity contribution is 5.85. The van der Waals surface area contributed by atoms with E-state index in [4.69, 9.17) is 0 Å². The molecule has 8 heteroatoms. The Morgan fingerprint density at radius 3 is 2.41 bits per heavy atom. The van der Waals surface area contributed by atoms with E-state index in [0.29, 0.717) is 13.1 Å². The first-order chi connectivity index (χ1) is 13.9. The lowest BCUT2D eigenvalue weighted by atomic mass is 10.0. The van der Waals surface area contributed by atoms with Crippen molar-refractivity contribution in [1.82, 2.24) is 19.6 Å². The average Bonchev–Trinajstić information content (AvgIpc) is 3.18. The molecule has 1 aromatic heterocycles. The van der Waals surface area contributed by atoms with Gasteiger partial charge in [-0.3, -0.25) is 14.4 Å². The Bertz CT molecular complexity index is 1000. The number of benzene rings is 2. The molecule has 0 N–H and O–H groups in total. The maximum atomic E-state index is 12.6. The Morgan fingerprint density at radius 1 is 0.966 bits per heavy atom. The number of alkyl halides is 3. The van der Waals surface area contributed by atoms with Crippen LogP contribution in [-0.4, -0.2) is 51.7 Å². The van der Waals surface area contributed by atoms with E-state index < -0.39 is 11.9 Å². The molecule has 29 heavy (non-hydrogen) atoms. The molecule has 0 bridgehead atoms. The molecule has 3 aromatic rings. The number of hydrogen-bond donors (Lipinski definition) is 0. The highest BCUT2D eigenvalue weighted by Gasteiger charge is 2.33. The van der Waals surface area contributed by atoms with Crippen LogP contribution >= 0.6 is 0 Å². The molecule has 0 unspecified atom stereocenters. The monoisotopic (exact) mass is 402 g/mol. The maximum absolute atomic E-state index is 12.6. The number of piperazine rings is 1. The topological polar surface area (TPSA) is 41.4 Å². The largest absolute Gasteiger partial charge is 0.435 e. The minimum Gasteiger partial charge on any atom is -0.339 e. The Balaban J connectivity index is 1.33. The smallest absolute Gasteiger partial charge is 0.339 e. The summed E-state index contributed by atoms with van der Waals surface area (Å²) in [5.41, 5.74) is 0.268. The highest BCUT2D eigenvalue weighted by Crippen LogP contribution is 2.27. The van der Waals surface area contributed by atoms with Crippen molar-refractivity contribution in [3.8, 4) is 0 Å². The van der Waals surface area contributed by atoms with Gasteiger partial charge in [0.25, 0.3) is 0 Å². The van der Waals surface area contributed by atoms with Crippen molar-refractivity contribution in [3.63, 3.8) is 0 Å². The summed E-state index contributed by atoms with van der Waals surface area (Å²) in [6.45, 7) is 3.18. The summed E-state index contributed by atoms with van der Waals surface area (Å²) in [6, 6.07) is 15.4. The summed E-state index contributed by atoms with van der Waals surface area (Å²) in [5.74, 6) is -0.216. The summed E-state index contributed by atoms with van der Waals surface area (Å²) in [5, 5.41) is 5.88. The van der Waals surface area contributed by atoms with Crippen LogP contribution in [0.15, 0.2) is 54.7 Å². The zero-order valence-electron chi connectivity index (χ0n) is 15.8. The molecule has 1 aliphatic rings. The molecule has 1 amide bonds. The number of amides is 1. The number of rotatable bonds is 4. The van der Waals surface area contributed by atoms with Crippen LogP contribution < -0.4 is 0 Å². The number of nitrogens with zero attached hydrogens (tertiary/aromatic N) is 4. The van der Waals surface area contributed by atoms with Gasteiger partial charge in [-0.15, -0.1) is 0 Å². The molecule has 0 atom stereocenters. The number of aromatic nitrogens is 2. The third-order valence-corrected chi connectivity index (χ3v) is 5.23. The predicted molar refractivity (Wildman–Crippen MR) is 103 cm³/mol. The first kappa shape index (κ1) is 19.4. The van der Waals surface area contributed by atoms with E-state index in [1.165, 1.54) is 22.5 Å². The fourth-order valence-electron chi connectivity index (χ4n) is 3.67. The van der Waals surface area contributed by atoms with Crippen molar-refractivity contribution in [1.29, 1.82) is 0 Å². The van der Waals surface area contributed by atoms with Crippen molar-refractivity contribution in [2.24, 2.45) is 0 Å². The number of carbonyl (C=O) groups is 1. The van der Waals surface area contributed by atoms with Crippen molar-refractivity contribution in [2.45, 2.75) is 19.3 Å². The van der Waals surface area contributed by atoms with Crippen LogP contribution in [0.25, 0.3) is 10.8 Å². The molecule has 0 saturated carbocycles. The predicted octanol–water partition coefficient (Wildman–Crippen LogP) is 3.40. The fourth-order valence-corrected chi connectivity index (χ4v) is 3.67. The number of carbonyl (C=O) groups excluding carboxylic acids is 1. The molecule has 1 aliphatic heterocycles. The number of halogens is 3. The van der Waals surface area contributed by atoms with Crippen molar-refractivity contribution < 1.29 is 18.0 Å². The molecule has 0 spiro atoms. The van der Waals surface area contributed by atoms with E-state index in [0.717, 1.165) is 30.4 Å². The zero-order valence-corrected chi connectivity index (χ0v) is 15.8. The molecule has 152 valence electrons. The van der Waals surface area contributed by atoms with Crippen LogP contribution in [-0.2, 0) is 24.1 Å². The molecule has 0 radical (unpaired) electrons. The molecule has 1 fully saturated rings. The third kappa shape index (κ3) is 4.42. The summed E-state index contributed by atoms with van der Waals surface area (Å²) < 4.78 is 39.0. The fraction of sp³-hybridized carbons (Fsp3) is 0.333. The van der Waals surface area contributed by atoms with Crippen LogP contribution in [0.4, 0.5) is 13.2 Å². The lowest BCUT2D eigenvalue weighted by Gasteiger charge is -2.35. The Labute approximate surface area is 166 Å². The van der Waals surface area contributed by atoms with Gasteiger partial charge in [-0.1, -0.05) is 42.5 Å². The van der Waals surface area contributed by atoms with E-state index in [2.05, 4.69) is 40.3 Å². The minimum absolute atomic E-state index is 0.181. The van der Waals surface area contributed by atoms with Gasteiger partial charge in [-0.05, 0) is 22.4 Å². The van der Waals surface area contributed by atoms with Gasteiger partial charge in [0, 0.05) is 38.9 Å². The Morgan fingerprint density at radius 2 is 1.69 bits per heavy atom. The molecule has 0 aliphatic carbocycles. The third-order valence-electron chi connectivity index (χ3n) is 5.23. The zero-order chi connectivity index (χ0) is 20.4. The lowest BCUT2D eigenvalue weighted by molar-refractivity contribution is -0.142. The van der Waals surface area contributed by atoms with E-state index in [1.54, 1.807) is 4.90 Å². The van der Waals surface area contributed by atoms with Crippen molar-refractivity contribution in [2.75, 3.05) is 26.2 Å². The van der Waals surface area contributed by atoms with E-state index in [-0.39, 0.29) is 12.5 Å². The van der Waals surface area contributed by atoms with Gasteiger partial charge in [0.1, 0.15) is 6.54 Å². The quantitative estimate of drug-likeness (QED) is 0.672. The summed E-state index contributed by atoms with van der Waals surface area (Å²) in [4.78, 5) is 16.4. The van der Waals surface area contributed by atoms with Gasteiger partial charge < -0.3 is 4.90 Å². The lowest BCUT2D eigenvalue weighted by Crippen LogP contribution is -2.49. The second-order valence-electron chi connectivity index (χ2n) is 7.19. The molecule has 1 saturated heterocycles. The first-order valence-electron chi connectivity index (χ1n) is 9.47. The summed E-state index contributed by atoms with van der Waals surface area (Å²) in [6.07, 6.45) is -3.31. The van der Waals surface area contributed by atoms with Crippen molar-refractivity contribution >= 4 is 16.7 Å². The van der Waals surface area contributed by atoms with E-state index >= 15 is 0 Å². The Kier molecular flexibility index (Phi) is 5.27. The van der Waals surface area contributed by atoms with Crippen LogP contribution in [0.1, 0.15) is 11.3 Å². The van der Waals surface area contributed by atoms with Gasteiger partial charge in [-0.2, -0.15) is 18.3 Å². The highest BCUT2D eigenvalue weighted by atomic mass is 19.4. The molecule has 4 rings (SSSR count). The van der Waals surface area contributed by atoms with Gasteiger partial charge in [0.2, 0.25) is 5.91 Å². The van der Waals surface area contributed by atoms with Crippen LogP contribution in [0.5, 0.6) is 0 Å². The van der Waals surface area contributed by atoms with Crippen LogP contribution in [0.2, 0.25) is 0 Å². The molecular formula is C21H21F3N4O. The van der Waals surface area contributed by atoms with Gasteiger partial charge in [0.15, 0.2) is 5.69 Å². The summed E-state index contributed by atoms with van der Waals surface area (Å²) >= 11 is 0. The maximum Gasteiger partial charge on any atom is 0.435 e. The molecule has 5 nitrogen and oxygen atoms in total. The Hall–Kier alpha value is -2.87. The number of hydrogen-bond acceptors (Lipinski definition) is 3. The van der Waals surface area contributed by atoms with Gasteiger partial charge in [-0.25, -0.2) is 0 Å². The summed E-state index contributed by atoms with van der Waals surface area (Å²) in [7, 11) is 0.